The minimum atomic E-state index is -0.581. The van der Waals surface area contributed by atoms with Crippen molar-refractivity contribution >= 4 is 17.5 Å². The molecule has 0 heterocycles. The maximum Gasteiger partial charge on any atom is 0.258 e. The molecule has 4 N–H and O–H groups in total. The fourth-order valence-corrected chi connectivity index (χ4v) is 1.39. The molecule has 0 aliphatic rings. The normalized spacial score (nSPS) is 11.5. The first kappa shape index (κ1) is 14.8. The third-order valence-corrected chi connectivity index (χ3v) is 2.37. The van der Waals surface area contributed by atoms with Crippen molar-refractivity contribution < 1.29 is 14.3 Å². The van der Waals surface area contributed by atoms with Crippen LogP contribution in [0.15, 0.2) is 24.3 Å². The van der Waals surface area contributed by atoms with Crippen LogP contribution in [0, 0.1) is 0 Å². The van der Waals surface area contributed by atoms with Crippen LogP contribution in [-0.4, -0.2) is 31.0 Å². The lowest BCUT2D eigenvalue weighted by Crippen LogP contribution is -2.46. The van der Waals surface area contributed by atoms with E-state index in [1.54, 1.807) is 31.2 Å². The molecule has 0 saturated heterocycles. The summed E-state index contributed by atoms with van der Waals surface area (Å²) in [6.07, 6.45) is 0. The van der Waals surface area contributed by atoms with E-state index in [0.717, 1.165) is 0 Å². The van der Waals surface area contributed by atoms with Gasteiger partial charge in [0.2, 0.25) is 5.91 Å². The van der Waals surface area contributed by atoms with Gasteiger partial charge in [0.25, 0.3) is 5.91 Å². The van der Waals surface area contributed by atoms with Crippen LogP contribution in [0.5, 0.6) is 5.75 Å². The predicted octanol–water partition coefficient (Wildman–Crippen LogP) is 0.288. The lowest BCUT2D eigenvalue weighted by molar-refractivity contribution is -0.129. The van der Waals surface area contributed by atoms with Crippen molar-refractivity contribution in [1.29, 1.82) is 0 Å². The van der Waals surface area contributed by atoms with Crippen molar-refractivity contribution in [2.45, 2.75) is 19.9 Å². The number of rotatable bonds is 6. The van der Waals surface area contributed by atoms with Crippen LogP contribution in [0.25, 0.3) is 0 Å². The molecule has 0 aliphatic heterocycles. The van der Waals surface area contributed by atoms with Gasteiger partial charge in [-0.15, -0.1) is 0 Å². The summed E-state index contributed by atoms with van der Waals surface area (Å²) in [4.78, 5) is 23.0. The molecule has 1 aromatic carbocycles. The van der Waals surface area contributed by atoms with Crippen LogP contribution < -0.4 is 21.1 Å². The van der Waals surface area contributed by atoms with Crippen molar-refractivity contribution in [2.24, 2.45) is 0 Å². The Bertz CT molecular complexity index is 431. The second kappa shape index (κ2) is 7.25. The topological polar surface area (TPSA) is 93.5 Å². The summed E-state index contributed by atoms with van der Waals surface area (Å²) in [5, 5.41) is 5.17. The van der Waals surface area contributed by atoms with Gasteiger partial charge in [-0.2, -0.15) is 0 Å². The molecular formula is C13H19N3O3. The van der Waals surface area contributed by atoms with Gasteiger partial charge in [-0.05, 0) is 38.1 Å². The highest BCUT2D eigenvalue weighted by atomic mass is 16.5. The molecule has 1 atom stereocenters. The molecule has 19 heavy (non-hydrogen) atoms. The van der Waals surface area contributed by atoms with E-state index in [2.05, 4.69) is 10.6 Å². The molecule has 0 spiro atoms. The van der Waals surface area contributed by atoms with Gasteiger partial charge < -0.3 is 21.1 Å². The van der Waals surface area contributed by atoms with E-state index in [4.69, 9.17) is 10.5 Å². The number of amides is 2. The SMILES string of the molecule is CCNC(=O)C(C)NC(=O)COc1ccc(N)cc1. The van der Waals surface area contributed by atoms with Gasteiger partial charge in [-0.3, -0.25) is 9.59 Å². The molecular weight excluding hydrogens is 246 g/mol. The molecule has 6 heteroatoms. The molecule has 0 saturated carbocycles. The smallest absolute Gasteiger partial charge is 0.258 e. The Morgan fingerprint density at radius 2 is 1.95 bits per heavy atom. The maximum atomic E-state index is 11.6. The molecule has 0 aromatic heterocycles. The first-order valence-electron chi connectivity index (χ1n) is 6.08. The number of benzene rings is 1. The van der Waals surface area contributed by atoms with Gasteiger partial charge in [0.05, 0.1) is 0 Å². The fourth-order valence-electron chi connectivity index (χ4n) is 1.39. The van der Waals surface area contributed by atoms with E-state index in [1.807, 2.05) is 6.92 Å². The van der Waals surface area contributed by atoms with Crippen molar-refractivity contribution in [3.8, 4) is 5.75 Å². The van der Waals surface area contributed by atoms with Crippen molar-refractivity contribution in [3.05, 3.63) is 24.3 Å². The Balaban J connectivity index is 2.35. The predicted molar refractivity (Wildman–Crippen MR) is 72.6 cm³/mol. The van der Waals surface area contributed by atoms with E-state index in [0.29, 0.717) is 18.0 Å². The number of hydrogen-bond donors (Lipinski definition) is 3. The molecule has 0 bridgehead atoms. The van der Waals surface area contributed by atoms with Crippen molar-refractivity contribution in [2.75, 3.05) is 18.9 Å². The molecule has 0 fully saturated rings. The number of hydrogen-bond acceptors (Lipinski definition) is 4. The quantitative estimate of drug-likeness (QED) is 0.644. The lowest BCUT2D eigenvalue weighted by atomic mass is 10.3. The van der Waals surface area contributed by atoms with Gasteiger partial charge in [-0.25, -0.2) is 0 Å². The van der Waals surface area contributed by atoms with Gasteiger partial charge in [0.15, 0.2) is 6.61 Å². The molecule has 0 radical (unpaired) electrons. The molecule has 1 aromatic rings. The van der Waals surface area contributed by atoms with Gasteiger partial charge >= 0.3 is 0 Å². The van der Waals surface area contributed by atoms with E-state index in [-0.39, 0.29) is 18.4 Å². The van der Waals surface area contributed by atoms with Crippen LogP contribution in [0.4, 0.5) is 5.69 Å². The average molecular weight is 265 g/mol. The Kier molecular flexibility index (Phi) is 5.66. The zero-order valence-corrected chi connectivity index (χ0v) is 11.1. The number of carbonyl (C=O) groups is 2. The Morgan fingerprint density at radius 3 is 2.53 bits per heavy atom. The second-order valence-corrected chi connectivity index (χ2v) is 4.04. The van der Waals surface area contributed by atoms with E-state index >= 15 is 0 Å². The van der Waals surface area contributed by atoms with Crippen LogP contribution in [0.2, 0.25) is 0 Å². The molecule has 104 valence electrons. The molecule has 1 unspecified atom stereocenters. The zero-order chi connectivity index (χ0) is 14.3. The number of carbonyl (C=O) groups excluding carboxylic acids is 2. The summed E-state index contributed by atoms with van der Waals surface area (Å²) in [6.45, 7) is 3.82. The molecule has 0 aliphatic carbocycles. The standard InChI is InChI=1S/C13H19N3O3/c1-3-15-13(18)9(2)16-12(17)8-19-11-6-4-10(14)5-7-11/h4-7,9H,3,8,14H2,1-2H3,(H,15,18)(H,16,17). The highest BCUT2D eigenvalue weighted by molar-refractivity contribution is 5.87. The summed E-state index contributed by atoms with van der Waals surface area (Å²) in [6, 6.07) is 6.14. The van der Waals surface area contributed by atoms with Crippen LogP contribution in [-0.2, 0) is 9.59 Å². The number of likely N-dealkylation sites (N-methyl/N-ethyl adjacent to an activating group) is 1. The van der Waals surface area contributed by atoms with Crippen LogP contribution in [0.1, 0.15) is 13.8 Å². The Morgan fingerprint density at radius 1 is 1.32 bits per heavy atom. The minimum Gasteiger partial charge on any atom is -0.484 e. The maximum absolute atomic E-state index is 11.6. The molecule has 6 nitrogen and oxygen atoms in total. The Labute approximate surface area is 112 Å². The lowest BCUT2D eigenvalue weighted by Gasteiger charge is -2.13. The van der Waals surface area contributed by atoms with Gasteiger partial charge in [0, 0.05) is 12.2 Å². The monoisotopic (exact) mass is 265 g/mol. The highest BCUT2D eigenvalue weighted by Crippen LogP contribution is 2.12. The Hall–Kier alpha value is -2.24. The number of anilines is 1. The second-order valence-electron chi connectivity index (χ2n) is 4.04. The number of nitrogens with one attached hydrogen (secondary N) is 2. The average Bonchev–Trinajstić information content (AvgIpc) is 2.38. The van der Waals surface area contributed by atoms with Crippen molar-refractivity contribution in [1.82, 2.24) is 10.6 Å². The summed E-state index contributed by atoms with van der Waals surface area (Å²) < 4.78 is 5.26. The van der Waals surface area contributed by atoms with Gasteiger partial charge in [0.1, 0.15) is 11.8 Å². The van der Waals surface area contributed by atoms with Crippen molar-refractivity contribution in [3.63, 3.8) is 0 Å². The van der Waals surface area contributed by atoms with E-state index < -0.39 is 6.04 Å². The third kappa shape index (κ3) is 5.29. The summed E-state index contributed by atoms with van der Waals surface area (Å²) >= 11 is 0. The summed E-state index contributed by atoms with van der Waals surface area (Å²) in [5.74, 6) is -0.0195. The number of ether oxygens (including phenoxy) is 1. The largest absolute Gasteiger partial charge is 0.484 e. The summed E-state index contributed by atoms with van der Waals surface area (Å²) in [7, 11) is 0. The first-order valence-corrected chi connectivity index (χ1v) is 6.08. The van der Waals surface area contributed by atoms with Crippen LogP contribution >= 0.6 is 0 Å². The van der Waals surface area contributed by atoms with Gasteiger partial charge in [-0.1, -0.05) is 0 Å². The first-order chi connectivity index (χ1) is 9.02. The fraction of sp³-hybridized carbons (Fsp3) is 0.385. The zero-order valence-electron chi connectivity index (χ0n) is 11.1. The molecule has 1 rings (SSSR count). The minimum absolute atomic E-state index is 0.145. The summed E-state index contributed by atoms with van der Waals surface area (Å²) in [5.41, 5.74) is 6.16. The van der Waals surface area contributed by atoms with Crippen LogP contribution in [0.3, 0.4) is 0 Å². The number of nitrogen functional groups attached to an aromatic ring is 1. The van der Waals surface area contributed by atoms with E-state index in [9.17, 15) is 9.59 Å². The molecule has 2 amide bonds. The third-order valence-electron chi connectivity index (χ3n) is 2.37. The number of nitrogens with two attached hydrogens (primary N) is 1. The van der Waals surface area contributed by atoms with E-state index in [1.165, 1.54) is 0 Å². The highest BCUT2D eigenvalue weighted by Gasteiger charge is 2.14.